The number of amides is 2. The Kier molecular flexibility index (Phi) is 6.70. The Balaban J connectivity index is 1.55. The van der Waals surface area contributed by atoms with Crippen molar-refractivity contribution in [3.05, 3.63) is 83.9 Å². The van der Waals surface area contributed by atoms with Gasteiger partial charge in [-0.25, -0.2) is 0 Å². The van der Waals surface area contributed by atoms with Crippen molar-refractivity contribution in [2.75, 3.05) is 17.7 Å². The smallest absolute Gasteiger partial charge is 0.265 e. The number of nitrogens with one attached hydrogen (secondary N) is 2. The Morgan fingerprint density at radius 3 is 1.90 bits per heavy atom. The van der Waals surface area contributed by atoms with Crippen LogP contribution in [-0.2, 0) is 4.79 Å². The van der Waals surface area contributed by atoms with Crippen LogP contribution in [0.25, 0.3) is 0 Å². The van der Waals surface area contributed by atoms with Gasteiger partial charge >= 0.3 is 0 Å². The molecule has 6 heteroatoms. The number of ether oxygens (including phenoxy) is 2. The molecular weight excluding hydrogens is 380 g/mol. The van der Waals surface area contributed by atoms with Crippen LogP contribution in [0.3, 0.4) is 0 Å². The third-order valence-electron chi connectivity index (χ3n) is 4.47. The van der Waals surface area contributed by atoms with Crippen molar-refractivity contribution in [2.45, 2.75) is 20.0 Å². The van der Waals surface area contributed by atoms with Crippen LogP contribution in [0.5, 0.6) is 11.5 Å². The molecule has 0 saturated carbocycles. The molecule has 30 heavy (non-hydrogen) atoms. The summed E-state index contributed by atoms with van der Waals surface area (Å²) in [4.78, 5) is 24.7. The maximum absolute atomic E-state index is 12.4. The Hall–Kier alpha value is -3.80. The van der Waals surface area contributed by atoms with E-state index in [4.69, 9.17) is 9.47 Å². The SMILES string of the molecule is COc1ccc(NC(=O)[C@@H](C)Oc2ccc(C(=O)Nc3ccc(C)cc3)cc2)cc1. The number of carbonyl (C=O) groups excluding carboxylic acids is 2. The summed E-state index contributed by atoms with van der Waals surface area (Å²) in [5.74, 6) is 0.722. The number of methoxy groups -OCH3 is 1. The molecule has 3 aromatic carbocycles. The van der Waals surface area contributed by atoms with Gasteiger partial charge in [0, 0.05) is 16.9 Å². The average Bonchev–Trinajstić information content (AvgIpc) is 2.76. The molecule has 0 radical (unpaired) electrons. The van der Waals surface area contributed by atoms with Crippen molar-refractivity contribution >= 4 is 23.2 Å². The molecule has 6 nitrogen and oxygen atoms in total. The van der Waals surface area contributed by atoms with Gasteiger partial charge in [-0.1, -0.05) is 17.7 Å². The van der Waals surface area contributed by atoms with E-state index in [0.29, 0.717) is 22.7 Å². The summed E-state index contributed by atoms with van der Waals surface area (Å²) in [7, 11) is 1.58. The molecule has 2 amide bonds. The van der Waals surface area contributed by atoms with Gasteiger partial charge in [-0.3, -0.25) is 9.59 Å². The van der Waals surface area contributed by atoms with Crippen molar-refractivity contribution in [1.29, 1.82) is 0 Å². The number of rotatable bonds is 7. The van der Waals surface area contributed by atoms with E-state index in [0.717, 1.165) is 11.3 Å². The molecule has 0 saturated heterocycles. The van der Waals surface area contributed by atoms with Gasteiger partial charge in [0.05, 0.1) is 7.11 Å². The van der Waals surface area contributed by atoms with Crippen LogP contribution in [0, 0.1) is 6.92 Å². The lowest BCUT2D eigenvalue weighted by Crippen LogP contribution is -2.30. The summed E-state index contributed by atoms with van der Waals surface area (Å²) in [6.07, 6.45) is -0.709. The number of benzene rings is 3. The van der Waals surface area contributed by atoms with E-state index in [1.165, 1.54) is 0 Å². The zero-order valence-corrected chi connectivity index (χ0v) is 17.1. The van der Waals surface area contributed by atoms with E-state index in [9.17, 15) is 9.59 Å². The van der Waals surface area contributed by atoms with Crippen molar-refractivity contribution in [3.8, 4) is 11.5 Å². The molecule has 2 N–H and O–H groups in total. The zero-order chi connectivity index (χ0) is 21.5. The molecule has 0 aliphatic carbocycles. The molecule has 0 unspecified atom stereocenters. The van der Waals surface area contributed by atoms with Crippen LogP contribution >= 0.6 is 0 Å². The Morgan fingerprint density at radius 2 is 1.30 bits per heavy atom. The largest absolute Gasteiger partial charge is 0.497 e. The quantitative estimate of drug-likeness (QED) is 0.600. The maximum atomic E-state index is 12.4. The summed E-state index contributed by atoms with van der Waals surface area (Å²) in [5, 5.41) is 5.64. The third-order valence-corrected chi connectivity index (χ3v) is 4.47. The van der Waals surface area contributed by atoms with E-state index in [1.54, 1.807) is 62.6 Å². The number of aryl methyl sites for hydroxylation is 1. The van der Waals surface area contributed by atoms with Gasteiger partial charge in [0.15, 0.2) is 6.10 Å². The molecule has 0 aliphatic rings. The predicted molar refractivity (Wildman–Crippen MR) is 117 cm³/mol. The highest BCUT2D eigenvalue weighted by Gasteiger charge is 2.15. The Bertz CT molecular complexity index is 997. The van der Waals surface area contributed by atoms with E-state index in [2.05, 4.69) is 10.6 Å². The van der Waals surface area contributed by atoms with Gasteiger partial charge in [0.25, 0.3) is 11.8 Å². The van der Waals surface area contributed by atoms with E-state index in [1.807, 2.05) is 31.2 Å². The minimum Gasteiger partial charge on any atom is -0.497 e. The fourth-order valence-electron chi connectivity index (χ4n) is 2.70. The zero-order valence-electron chi connectivity index (χ0n) is 17.1. The van der Waals surface area contributed by atoms with Gasteiger partial charge in [-0.05, 0) is 74.5 Å². The van der Waals surface area contributed by atoms with Gasteiger partial charge < -0.3 is 20.1 Å². The molecule has 3 rings (SSSR count). The number of anilines is 2. The molecule has 154 valence electrons. The molecule has 1 atom stereocenters. The summed E-state index contributed by atoms with van der Waals surface area (Å²) in [5.41, 5.74) is 3.01. The predicted octanol–water partition coefficient (Wildman–Crippen LogP) is 4.66. The summed E-state index contributed by atoms with van der Waals surface area (Å²) < 4.78 is 10.8. The molecule has 0 spiro atoms. The standard InChI is InChI=1S/C24H24N2O4/c1-16-4-8-19(9-5-16)26-24(28)18-6-12-22(13-7-18)30-17(2)23(27)25-20-10-14-21(29-3)15-11-20/h4-15,17H,1-3H3,(H,25,27)(H,26,28)/t17-/m1/s1. The Morgan fingerprint density at radius 1 is 0.767 bits per heavy atom. The lowest BCUT2D eigenvalue weighted by Gasteiger charge is -2.15. The van der Waals surface area contributed by atoms with Crippen LogP contribution in [0.2, 0.25) is 0 Å². The normalized spacial score (nSPS) is 11.3. The fraction of sp³-hybridized carbons (Fsp3) is 0.167. The summed E-state index contributed by atoms with van der Waals surface area (Å²) in [6, 6.07) is 21.3. The first-order chi connectivity index (χ1) is 14.4. The molecule has 0 aromatic heterocycles. The topological polar surface area (TPSA) is 76.7 Å². The Labute approximate surface area is 175 Å². The minimum atomic E-state index is -0.709. The third kappa shape index (κ3) is 5.61. The van der Waals surface area contributed by atoms with E-state index < -0.39 is 6.10 Å². The summed E-state index contributed by atoms with van der Waals surface area (Å²) >= 11 is 0. The van der Waals surface area contributed by atoms with Crippen LogP contribution in [0.1, 0.15) is 22.8 Å². The monoisotopic (exact) mass is 404 g/mol. The van der Waals surface area contributed by atoms with Gasteiger partial charge in [-0.2, -0.15) is 0 Å². The highest BCUT2D eigenvalue weighted by molar-refractivity contribution is 6.04. The van der Waals surface area contributed by atoms with Gasteiger partial charge in [0.1, 0.15) is 11.5 Å². The highest BCUT2D eigenvalue weighted by atomic mass is 16.5. The first kappa shape index (κ1) is 20.9. The van der Waals surface area contributed by atoms with Crippen LogP contribution in [0.4, 0.5) is 11.4 Å². The molecular formula is C24H24N2O4. The first-order valence-corrected chi connectivity index (χ1v) is 9.54. The lowest BCUT2D eigenvalue weighted by molar-refractivity contribution is -0.122. The van der Waals surface area contributed by atoms with Crippen molar-refractivity contribution in [1.82, 2.24) is 0 Å². The van der Waals surface area contributed by atoms with E-state index >= 15 is 0 Å². The second-order valence-corrected chi connectivity index (χ2v) is 6.82. The van der Waals surface area contributed by atoms with E-state index in [-0.39, 0.29) is 11.8 Å². The maximum Gasteiger partial charge on any atom is 0.265 e. The minimum absolute atomic E-state index is 0.212. The molecule has 0 heterocycles. The van der Waals surface area contributed by atoms with Gasteiger partial charge in [-0.15, -0.1) is 0 Å². The fourth-order valence-corrected chi connectivity index (χ4v) is 2.70. The van der Waals surface area contributed by atoms with Crippen molar-refractivity contribution < 1.29 is 19.1 Å². The average molecular weight is 404 g/mol. The van der Waals surface area contributed by atoms with Crippen LogP contribution in [-0.4, -0.2) is 25.0 Å². The van der Waals surface area contributed by atoms with Crippen molar-refractivity contribution in [3.63, 3.8) is 0 Å². The molecule has 3 aromatic rings. The van der Waals surface area contributed by atoms with Gasteiger partial charge in [0.2, 0.25) is 0 Å². The molecule has 0 aliphatic heterocycles. The van der Waals surface area contributed by atoms with Crippen molar-refractivity contribution in [2.24, 2.45) is 0 Å². The number of carbonyl (C=O) groups is 2. The molecule has 0 bridgehead atoms. The molecule has 0 fully saturated rings. The lowest BCUT2D eigenvalue weighted by atomic mass is 10.2. The second-order valence-electron chi connectivity index (χ2n) is 6.82. The summed E-state index contributed by atoms with van der Waals surface area (Å²) in [6.45, 7) is 3.65. The first-order valence-electron chi connectivity index (χ1n) is 9.54. The number of hydrogen-bond acceptors (Lipinski definition) is 4. The van der Waals surface area contributed by atoms with Crippen LogP contribution < -0.4 is 20.1 Å². The highest BCUT2D eigenvalue weighted by Crippen LogP contribution is 2.18. The number of hydrogen-bond donors (Lipinski definition) is 2. The van der Waals surface area contributed by atoms with Crippen LogP contribution in [0.15, 0.2) is 72.8 Å². The second kappa shape index (κ2) is 9.60.